The quantitative estimate of drug-likeness (QED) is 0.177. The fourth-order valence-corrected chi connectivity index (χ4v) is 7.01. The molecule has 0 unspecified atom stereocenters. The van der Waals surface area contributed by atoms with Gasteiger partial charge >= 0.3 is 11.9 Å². The average Bonchev–Trinajstić information content (AvgIpc) is 3.78. The lowest BCUT2D eigenvalue weighted by Crippen LogP contribution is -2.39. The van der Waals surface area contributed by atoms with Crippen LogP contribution in [0.2, 0.25) is 5.02 Å². The van der Waals surface area contributed by atoms with E-state index >= 15 is 0 Å². The van der Waals surface area contributed by atoms with Gasteiger partial charge in [0.2, 0.25) is 0 Å². The number of halogens is 1. The topological polar surface area (TPSA) is 100 Å². The van der Waals surface area contributed by atoms with Gasteiger partial charge in [0, 0.05) is 27.1 Å². The molecule has 5 aromatic rings. The molecule has 0 saturated carbocycles. The Kier molecular flexibility index (Phi) is 8.71. The Bertz CT molecular complexity index is 2110. The molecule has 0 amide bonds. The SMILES string of the molecule is CCOC(=O)C1=C(c2ccccc2)N=c2s/c(=C/c3ccc(-c4cc(Cl)ccc4C(=O)OC(C)C)o3)c(=O)n2[C@H]1c1cccs1. The molecule has 0 radical (unpaired) electrons. The summed E-state index contributed by atoms with van der Waals surface area (Å²) < 4.78 is 18.9. The number of carbonyl (C=O) groups is 2. The third kappa shape index (κ3) is 6.09. The monoisotopic (exact) mass is 658 g/mol. The van der Waals surface area contributed by atoms with Crippen LogP contribution in [-0.2, 0) is 14.3 Å². The van der Waals surface area contributed by atoms with E-state index in [0.29, 0.717) is 48.3 Å². The second-order valence-electron chi connectivity index (χ2n) is 10.3. The molecule has 1 atom stereocenters. The highest BCUT2D eigenvalue weighted by molar-refractivity contribution is 7.10. The molecule has 11 heteroatoms. The molecule has 1 aliphatic rings. The zero-order valence-corrected chi connectivity index (χ0v) is 26.9. The van der Waals surface area contributed by atoms with E-state index in [1.54, 1.807) is 61.7 Å². The fraction of sp³-hybridized carbons (Fsp3) is 0.176. The summed E-state index contributed by atoms with van der Waals surface area (Å²) >= 11 is 8.91. The molecule has 228 valence electrons. The number of furan rings is 1. The van der Waals surface area contributed by atoms with E-state index in [1.165, 1.54) is 22.7 Å². The van der Waals surface area contributed by atoms with Gasteiger partial charge in [-0.2, -0.15) is 0 Å². The third-order valence-corrected chi connectivity index (χ3v) is 9.04. The number of hydrogen-bond acceptors (Lipinski definition) is 9. The van der Waals surface area contributed by atoms with Crippen LogP contribution in [0.15, 0.2) is 98.0 Å². The molecule has 6 rings (SSSR count). The summed E-state index contributed by atoms with van der Waals surface area (Å²) in [5.41, 5.74) is 1.95. The van der Waals surface area contributed by atoms with Gasteiger partial charge < -0.3 is 13.9 Å². The first-order valence-corrected chi connectivity index (χ1v) is 16.2. The van der Waals surface area contributed by atoms with Gasteiger partial charge in [-0.1, -0.05) is 59.3 Å². The summed E-state index contributed by atoms with van der Waals surface area (Å²) in [6.45, 7) is 5.47. The normalized spacial score (nSPS) is 14.8. The first-order chi connectivity index (χ1) is 21.7. The number of thiazole rings is 1. The van der Waals surface area contributed by atoms with Gasteiger partial charge in [-0.25, -0.2) is 14.6 Å². The largest absolute Gasteiger partial charge is 0.463 e. The number of benzene rings is 2. The second-order valence-corrected chi connectivity index (χ2v) is 12.7. The van der Waals surface area contributed by atoms with Gasteiger partial charge in [0.05, 0.1) is 34.1 Å². The highest BCUT2D eigenvalue weighted by Gasteiger charge is 2.35. The van der Waals surface area contributed by atoms with Crippen LogP contribution in [0.3, 0.4) is 0 Å². The Morgan fingerprint density at radius 3 is 2.58 bits per heavy atom. The second kappa shape index (κ2) is 12.8. The number of fused-ring (bicyclic) bond motifs is 1. The molecule has 0 saturated heterocycles. The molecular weight excluding hydrogens is 632 g/mol. The summed E-state index contributed by atoms with van der Waals surface area (Å²) in [5, 5.41) is 2.33. The maximum absolute atomic E-state index is 14.1. The molecule has 0 N–H and O–H groups in total. The Balaban J connectivity index is 1.49. The molecule has 45 heavy (non-hydrogen) atoms. The zero-order valence-electron chi connectivity index (χ0n) is 24.5. The highest BCUT2D eigenvalue weighted by Crippen LogP contribution is 2.37. The number of carbonyl (C=O) groups excluding carboxylic acids is 2. The van der Waals surface area contributed by atoms with E-state index in [0.717, 1.165) is 10.4 Å². The number of nitrogens with zero attached hydrogens (tertiary/aromatic N) is 2. The molecule has 1 aliphatic heterocycles. The van der Waals surface area contributed by atoms with Gasteiger partial charge in [-0.15, -0.1) is 11.3 Å². The molecular formula is C34H27ClN2O6S2. The smallest absolute Gasteiger partial charge is 0.339 e. The van der Waals surface area contributed by atoms with Crippen LogP contribution in [-0.4, -0.2) is 29.2 Å². The van der Waals surface area contributed by atoms with Crippen molar-refractivity contribution in [3.05, 3.63) is 130 Å². The van der Waals surface area contributed by atoms with Crippen LogP contribution in [0, 0.1) is 0 Å². The molecule has 8 nitrogen and oxygen atoms in total. The number of hydrogen-bond donors (Lipinski definition) is 0. The number of rotatable bonds is 8. The lowest BCUT2D eigenvalue weighted by Gasteiger charge is -2.24. The van der Waals surface area contributed by atoms with Crippen LogP contribution in [0.1, 0.15) is 53.4 Å². The average molecular weight is 659 g/mol. The number of ether oxygens (including phenoxy) is 2. The zero-order chi connectivity index (χ0) is 31.7. The van der Waals surface area contributed by atoms with Crippen LogP contribution in [0.25, 0.3) is 23.1 Å². The summed E-state index contributed by atoms with van der Waals surface area (Å²) in [5.74, 6) is -0.251. The van der Waals surface area contributed by atoms with E-state index in [-0.39, 0.29) is 18.3 Å². The Morgan fingerprint density at radius 2 is 1.87 bits per heavy atom. The minimum Gasteiger partial charge on any atom is -0.463 e. The molecule has 0 aliphatic carbocycles. The summed E-state index contributed by atoms with van der Waals surface area (Å²) in [6.07, 6.45) is 1.33. The molecule has 0 spiro atoms. The van der Waals surface area contributed by atoms with Crippen LogP contribution < -0.4 is 14.9 Å². The van der Waals surface area contributed by atoms with Crippen molar-refractivity contribution in [2.75, 3.05) is 6.61 Å². The molecule has 4 heterocycles. The van der Waals surface area contributed by atoms with E-state index in [9.17, 15) is 14.4 Å². The molecule has 0 bridgehead atoms. The third-order valence-electron chi connectivity index (χ3n) is 6.90. The van der Waals surface area contributed by atoms with Crippen molar-refractivity contribution in [1.29, 1.82) is 0 Å². The molecule has 3 aromatic heterocycles. The predicted octanol–water partition coefficient (Wildman–Crippen LogP) is 6.48. The van der Waals surface area contributed by atoms with Gasteiger partial charge in [-0.05, 0) is 62.5 Å². The van der Waals surface area contributed by atoms with E-state index in [2.05, 4.69) is 0 Å². The van der Waals surface area contributed by atoms with Gasteiger partial charge in [0.1, 0.15) is 17.6 Å². The van der Waals surface area contributed by atoms with E-state index < -0.39 is 18.0 Å². The maximum atomic E-state index is 14.1. The Hall–Kier alpha value is -4.51. The Morgan fingerprint density at radius 1 is 1.07 bits per heavy atom. The fourth-order valence-electron chi connectivity index (χ4n) is 5.04. The van der Waals surface area contributed by atoms with Crippen LogP contribution in [0.5, 0.6) is 0 Å². The summed E-state index contributed by atoms with van der Waals surface area (Å²) in [4.78, 5) is 46.4. The van der Waals surface area contributed by atoms with Crippen molar-refractivity contribution in [3.63, 3.8) is 0 Å². The summed E-state index contributed by atoms with van der Waals surface area (Å²) in [7, 11) is 0. The predicted molar refractivity (Wildman–Crippen MR) is 175 cm³/mol. The number of esters is 2. The lowest BCUT2D eigenvalue weighted by atomic mass is 9.97. The number of aromatic nitrogens is 1. The van der Waals surface area contributed by atoms with Crippen LogP contribution in [0.4, 0.5) is 0 Å². The van der Waals surface area contributed by atoms with Crippen molar-refractivity contribution < 1.29 is 23.5 Å². The summed E-state index contributed by atoms with van der Waals surface area (Å²) in [6, 6.07) is 20.7. The van der Waals surface area contributed by atoms with E-state index in [1.807, 2.05) is 47.8 Å². The molecule has 2 aromatic carbocycles. The maximum Gasteiger partial charge on any atom is 0.339 e. The standard InChI is InChI=1S/C34H27ClN2O6S2/c1-4-41-33(40)28-29(20-9-6-5-7-10-20)36-34-37(30(28)26-11-8-16-44-26)31(38)27(45-34)18-22-13-15-25(43-22)24-17-21(35)12-14-23(24)32(39)42-19(2)3/h5-19,30H,4H2,1-3H3/b27-18+/t30-/m0/s1. The first kappa shape index (κ1) is 30.5. The van der Waals surface area contributed by atoms with Crippen molar-refractivity contribution in [2.24, 2.45) is 4.99 Å². The van der Waals surface area contributed by atoms with Crippen molar-refractivity contribution in [2.45, 2.75) is 32.9 Å². The van der Waals surface area contributed by atoms with E-state index in [4.69, 9.17) is 30.5 Å². The van der Waals surface area contributed by atoms with Gasteiger partial charge in [0.25, 0.3) is 5.56 Å². The van der Waals surface area contributed by atoms with Crippen LogP contribution >= 0.6 is 34.3 Å². The minimum atomic E-state index is -0.731. The number of thiophene rings is 1. The van der Waals surface area contributed by atoms with Crippen molar-refractivity contribution in [1.82, 2.24) is 4.57 Å². The first-order valence-electron chi connectivity index (χ1n) is 14.2. The Labute approximate surface area is 271 Å². The lowest BCUT2D eigenvalue weighted by molar-refractivity contribution is -0.138. The van der Waals surface area contributed by atoms with Gasteiger partial charge in [0.15, 0.2) is 4.80 Å². The van der Waals surface area contributed by atoms with Crippen molar-refractivity contribution >= 4 is 58.0 Å². The highest BCUT2D eigenvalue weighted by atomic mass is 35.5. The van der Waals surface area contributed by atoms with Crippen molar-refractivity contribution in [3.8, 4) is 11.3 Å². The molecule has 0 fully saturated rings. The van der Waals surface area contributed by atoms with Gasteiger partial charge in [-0.3, -0.25) is 9.36 Å². The minimum absolute atomic E-state index is 0.177.